The van der Waals surface area contributed by atoms with E-state index >= 15 is 0 Å². The van der Waals surface area contributed by atoms with Crippen molar-refractivity contribution in [2.75, 3.05) is 24.7 Å². The largest absolute Gasteiger partial charge is 0.490 e. The molecule has 0 radical (unpaired) electrons. The molecule has 0 spiro atoms. The average molecular weight is 405 g/mol. The number of fused-ring (bicyclic) bond motifs is 1. The Kier molecular flexibility index (Phi) is 6.64. The smallest absolute Gasteiger partial charge is 0.387 e. The molecule has 2 aromatic carbocycles. The van der Waals surface area contributed by atoms with Gasteiger partial charge in [-0.15, -0.1) is 0 Å². The molecule has 0 aromatic heterocycles. The van der Waals surface area contributed by atoms with Gasteiger partial charge in [0.1, 0.15) is 0 Å². The van der Waals surface area contributed by atoms with E-state index < -0.39 is 19.2 Å². The van der Waals surface area contributed by atoms with Gasteiger partial charge in [0, 0.05) is 12.2 Å². The van der Waals surface area contributed by atoms with E-state index in [1.807, 2.05) is 24.3 Å². The highest BCUT2D eigenvalue weighted by molar-refractivity contribution is 5.98. The summed E-state index contributed by atoms with van der Waals surface area (Å²) < 4.78 is 39.7. The van der Waals surface area contributed by atoms with Gasteiger partial charge in [-0.05, 0) is 49.6 Å². The Morgan fingerprint density at radius 3 is 2.69 bits per heavy atom. The fourth-order valence-corrected chi connectivity index (χ4v) is 3.18. The molecule has 1 amide bonds. The lowest BCUT2D eigenvalue weighted by Crippen LogP contribution is -2.38. The number of hydrogen-bond acceptors (Lipinski definition) is 5. The van der Waals surface area contributed by atoms with Crippen molar-refractivity contribution in [3.63, 3.8) is 0 Å². The predicted molar refractivity (Wildman–Crippen MR) is 102 cm³/mol. The third-order valence-electron chi connectivity index (χ3n) is 4.43. The van der Waals surface area contributed by atoms with Gasteiger partial charge in [0.15, 0.2) is 18.1 Å². The summed E-state index contributed by atoms with van der Waals surface area (Å²) in [5.41, 5.74) is 1.98. The van der Waals surface area contributed by atoms with Crippen molar-refractivity contribution in [2.45, 2.75) is 26.4 Å². The molecule has 29 heavy (non-hydrogen) atoms. The SMILES string of the molecule is CCOc1cc(C(=O)OCC(=O)N2CCCc3ccccc32)ccc1OC(F)F. The third-order valence-corrected chi connectivity index (χ3v) is 4.43. The van der Waals surface area contributed by atoms with Crippen LogP contribution in [-0.2, 0) is 16.0 Å². The minimum atomic E-state index is -3.02. The molecule has 1 heterocycles. The van der Waals surface area contributed by atoms with Crippen molar-refractivity contribution in [3.05, 3.63) is 53.6 Å². The van der Waals surface area contributed by atoms with E-state index in [1.54, 1.807) is 11.8 Å². The molecule has 0 saturated heterocycles. The number of alkyl halides is 2. The van der Waals surface area contributed by atoms with Gasteiger partial charge in [0.25, 0.3) is 5.91 Å². The van der Waals surface area contributed by atoms with Gasteiger partial charge in [0.05, 0.1) is 12.2 Å². The lowest BCUT2D eigenvalue weighted by Gasteiger charge is -2.29. The number of benzene rings is 2. The van der Waals surface area contributed by atoms with Gasteiger partial charge in [-0.2, -0.15) is 8.78 Å². The van der Waals surface area contributed by atoms with Crippen molar-refractivity contribution < 1.29 is 32.6 Å². The summed E-state index contributed by atoms with van der Waals surface area (Å²) in [6.07, 6.45) is 1.73. The molecule has 0 unspecified atom stereocenters. The number of amides is 1. The van der Waals surface area contributed by atoms with Crippen LogP contribution >= 0.6 is 0 Å². The molecule has 0 saturated carbocycles. The lowest BCUT2D eigenvalue weighted by atomic mass is 10.0. The fraction of sp³-hybridized carbons (Fsp3) is 0.333. The van der Waals surface area contributed by atoms with E-state index in [2.05, 4.69) is 4.74 Å². The molecule has 6 nitrogen and oxygen atoms in total. The molecule has 8 heteroatoms. The zero-order chi connectivity index (χ0) is 20.8. The van der Waals surface area contributed by atoms with E-state index in [0.29, 0.717) is 6.54 Å². The number of nitrogens with zero attached hydrogens (tertiary/aromatic N) is 1. The number of carbonyl (C=O) groups is 2. The Balaban J connectivity index is 1.66. The first-order chi connectivity index (χ1) is 14.0. The molecule has 0 fully saturated rings. The Labute approximate surface area is 167 Å². The predicted octanol–water partition coefficient (Wildman–Crippen LogP) is 3.82. The van der Waals surface area contributed by atoms with Crippen LogP contribution in [0.1, 0.15) is 29.3 Å². The van der Waals surface area contributed by atoms with Crippen LogP contribution in [0.4, 0.5) is 14.5 Å². The normalized spacial score (nSPS) is 13.0. The topological polar surface area (TPSA) is 65.1 Å². The van der Waals surface area contributed by atoms with Crippen molar-refractivity contribution in [1.29, 1.82) is 0 Å². The van der Waals surface area contributed by atoms with Crippen LogP contribution in [-0.4, -0.2) is 38.2 Å². The Bertz CT molecular complexity index is 887. The molecule has 0 atom stereocenters. The summed E-state index contributed by atoms with van der Waals surface area (Å²) >= 11 is 0. The maximum atomic E-state index is 12.6. The van der Waals surface area contributed by atoms with Crippen LogP contribution < -0.4 is 14.4 Å². The molecule has 3 rings (SSSR count). The summed E-state index contributed by atoms with van der Waals surface area (Å²) in [5, 5.41) is 0. The number of anilines is 1. The molecule has 0 aliphatic carbocycles. The summed E-state index contributed by atoms with van der Waals surface area (Å²) in [4.78, 5) is 26.5. The average Bonchev–Trinajstić information content (AvgIpc) is 2.72. The molecule has 1 aliphatic heterocycles. The molecule has 154 valence electrons. The number of ether oxygens (including phenoxy) is 3. The van der Waals surface area contributed by atoms with Gasteiger partial charge < -0.3 is 19.1 Å². The highest BCUT2D eigenvalue weighted by Crippen LogP contribution is 2.30. The summed E-state index contributed by atoms with van der Waals surface area (Å²) in [6.45, 7) is -1.01. The summed E-state index contributed by atoms with van der Waals surface area (Å²) in [7, 11) is 0. The number of carbonyl (C=O) groups excluding carboxylic acids is 2. The molecular weight excluding hydrogens is 384 g/mol. The van der Waals surface area contributed by atoms with Gasteiger partial charge in [-0.3, -0.25) is 4.79 Å². The van der Waals surface area contributed by atoms with Crippen LogP contribution in [0, 0.1) is 0 Å². The summed E-state index contributed by atoms with van der Waals surface area (Å²) in [6, 6.07) is 11.4. The van der Waals surface area contributed by atoms with Gasteiger partial charge in [-0.25, -0.2) is 4.79 Å². The number of halogens is 2. The second-order valence-corrected chi connectivity index (χ2v) is 6.33. The van der Waals surface area contributed by atoms with Crippen LogP contribution in [0.2, 0.25) is 0 Å². The fourth-order valence-electron chi connectivity index (χ4n) is 3.18. The maximum Gasteiger partial charge on any atom is 0.387 e. The Morgan fingerprint density at radius 2 is 1.93 bits per heavy atom. The van der Waals surface area contributed by atoms with Gasteiger partial charge in [0.2, 0.25) is 0 Å². The maximum absolute atomic E-state index is 12.6. The lowest BCUT2D eigenvalue weighted by molar-refractivity contribution is -0.121. The van der Waals surface area contributed by atoms with Gasteiger partial charge >= 0.3 is 12.6 Å². The Hall–Kier alpha value is -3.16. The quantitative estimate of drug-likeness (QED) is 0.656. The van der Waals surface area contributed by atoms with E-state index in [9.17, 15) is 18.4 Å². The number of rotatable bonds is 7. The number of aryl methyl sites for hydroxylation is 1. The molecule has 1 aliphatic rings. The zero-order valence-corrected chi connectivity index (χ0v) is 15.9. The first-order valence-corrected chi connectivity index (χ1v) is 9.26. The summed E-state index contributed by atoms with van der Waals surface area (Å²) in [5.74, 6) is -1.26. The van der Waals surface area contributed by atoms with Crippen molar-refractivity contribution in [2.24, 2.45) is 0 Å². The minimum Gasteiger partial charge on any atom is -0.490 e. The van der Waals surface area contributed by atoms with E-state index in [0.717, 1.165) is 24.1 Å². The molecule has 0 N–H and O–H groups in total. The van der Waals surface area contributed by atoms with Crippen LogP contribution in [0.15, 0.2) is 42.5 Å². The van der Waals surface area contributed by atoms with E-state index in [4.69, 9.17) is 9.47 Å². The molecular formula is C21H21F2NO5. The van der Waals surface area contributed by atoms with Crippen molar-refractivity contribution in [3.8, 4) is 11.5 Å². The second kappa shape index (κ2) is 9.36. The third kappa shape index (κ3) is 5.01. The van der Waals surface area contributed by atoms with Crippen molar-refractivity contribution >= 4 is 17.6 Å². The monoisotopic (exact) mass is 405 g/mol. The number of esters is 1. The first-order valence-electron chi connectivity index (χ1n) is 9.26. The van der Waals surface area contributed by atoms with Crippen LogP contribution in [0.5, 0.6) is 11.5 Å². The second-order valence-electron chi connectivity index (χ2n) is 6.33. The highest BCUT2D eigenvalue weighted by atomic mass is 19.3. The highest BCUT2D eigenvalue weighted by Gasteiger charge is 2.23. The zero-order valence-electron chi connectivity index (χ0n) is 15.9. The van der Waals surface area contributed by atoms with Crippen LogP contribution in [0.3, 0.4) is 0 Å². The molecule has 0 bridgehead atoms. The van der Waals surface area contributed by atoms with E-state index in [1.165, 1.54) is 18.2 Å². The van der Waals surface area contributed by atoms with Crippen LogP contribution in [0.25, 0.3) is 0 Å². The van der Waals surface area contributed by atoms with Crippen molar-refractivity contribution in [1.82, 2.24) is 0 Å². The van der Waals surface area contributed by atoms with E-state index in [-0.39, 0.29) is 29.6 Å². The first kappa shape index (κ1) is 20.6. The van der Waals surface area contributed by atoms with Gasteiger partial charge in [-0.1, -0.05) is 18.2 Å². The number of para-hydroxylation sites is 1. The number of hydrogen-bond donors (Lipinski definition) is 0. The Morgan fingerprint density at radius 1 is 1.14 bits per heavy atom. The standard InChI is InChI=1S/C21H21F2NO5/c1-2-27-18-12-15(9-10-17(18)29-21(22)23)20(26)28-13-19(25)24-11-5-7-14-6-3-4-8-16(14)24/h3-4,6,8-10,12,21H,2,5,7,11,13H2,1H3. The minimum absolute atomic E-state index is 0.00136. The molecule has 2 aromatic rings.